The van der Waals surface area contributed by atoms with Gasteiger partial charge in [0.1, 0.15) is 17.3 Å². The number of aliphatic hydroxyl groups excluding tert-OH is 1. The zero-order chi connectivity index (χ0) is 24.2. The number of aliphatic hydroxyl groups is 1. The molecule has 1 atom stereocenters. The topological polar surface area (TPSA) is 89.0 Å². The molecule has 2 heterocycles. The van der Waals surface area contributed by atoms with Gasteiger partial charge in [0.15, 0.2) is 0 Å². The van der Waals surface area contributed by atoms with E-state index in [1.807, 2.05) is 26.0 Å². The van der Waals surface area contributed by atoms with Gasteiger partial charge in [0, 0.05) is 24.5 Å². The van der Waals surface area contributed by atoms with E-state index in [-0.39, 0.29) is 24.0 Å². The van der Waals surface area contributed by atoms with E-state index < -0.39 is 17.7 Å². The van der Waals surface area contributed by atoms with E-state index >= 15 is 0 Å². The van der Waals surface area contributed by atoms with Crippen molar-refractivity contribution < 1.29 is 24.2 Å². The quantitative estimate of drug-likeness (QED) is 0.319. The van der Waals surface area contributed by atoms with E-state index in [2.05, 4.69) is 4.98 Å². The highest BCUT2D eigenvalue weighted by Crippen LogP contribution is 2.40. The van der Waals surface area contributed by atoms with Gasteiger partial charge >= 0.3 is 0 Å². The van der Waals surface area contributed by atoms with Crippen molar-refractivity contribution >= 4 is 17.4 Å². The van der Waals surface area contributed by atoms with E-state index in [1.165, 1.54) is 4.90 Å². The van der Waals surface area contributed by atoms with Crippen LogP contribution >= 0.6 is 0 Å². The molecule has 7 heteroatoms. The van der Waals surface area contributed by atoms with Crippen LogP contribution in [0.1, 0.15) is 36.6 Å². The molecular weight excluding hydrogens is 432 g/mol. The second kappa shape index (κ2) is 9.79. The fourth-order valence-corrected chi connectivity index (χ4v) is 4.01. The number of carbonyl (C=O) groups is 2. The lowest BCUT2D eigenvalue weighted by Crippen LogP contribution is -2.29. The Bertz CT molecular complexity index is 1220. The Balaban J connectivity index is 1.79. The second-order valence-electron chi connectivity index (χ2n) is 8.25. The third-order valence-corrected chi connectivity index (χ3v) is 5.55. The van der Waals surface area contributed by atoms with Crippen LogP contribution in [-0.2, 0) is 16.1 Å². The van der Waals surface area contributed by atoms with Crippen LogP contribution in [0.3, 0.4) is 0 Å². The smallest absolute Gasteiger partial charge is 0.295 e. The number of Topliss-reactive ketones (excluding diaryl/α,β-unsaturated/α-hetero) is 1. The highest BCUT2D eigenvalue weighted by molar-refractivity contribution is 6.46. The molecule has 34 heavy (non-hydrogen) atoms. The van der Waals surface area contributed by atoms with Gasteiger partial charge in [0.2, 0.25) is 0 Å². The maximum atomic E-state index is 13.2. The summed E-state index contributed by atoms with van der Waals surface area (Å²) in [5.74, 6) is -0.393. The summed E-state index contributed by atoms with van der Waals surface area (Å²) in [6.45, 7) is 4.00. The average molecular weight is 459 g/mol. The summed E-state index contributed by atoms with van der Waals surface area (Å²) in [6.07, 6.45) is 3.14. The first kappa shape index (κ1) is 23.0. The molecule has 1 aliphatic heterocycles. The van der Waals surface area contributed by atoms with Crippen molar-refractivity contribution in [3.63, 3.8) is 0 Å². The fraction of sp³-hybridized carbons (Fsp3) is 0.222. The largest absolute Gasteiger partial charge is 0.507 e. The second-order valence-corrected chi connectivity index (χ2v) is 8.25. The monoisotopic (exact) mass is 458 g/mol. The van der Waals surface area contributed by atoms with Gasteiger partial charge in [-0.05, 0) is 61.4 Å². The van der Waals surface area contributed by atoms with Crippen molar-refractivity contribution in [2.45, 2.75) is 32.5 Å². The minimum Gasteiger partial charge on any atom is -0.507 e. The Morgan fingerprint density at radius 2 is 1.74 bits per heavy atom. The summed E-state index contributed by atoms with van der Waals surface area (Å²) in [6, 6.07) is 16.9. The number of ketones is 1. The van der Waals surface area contributed by atoms with Gasteiger partial charge < -0.3 is 19.5 Å². The van der Waals surface area contributed by atoms with Crippen molar-refractivity contribution in [1.29, 1.82) is 0 Å². The lowest BCUT2D eigenvalue weighted by molar-refractivity contribution is -0.140. The number of benzene rings is 2. The minimum atomic E-state index is -0.764. The Hall–Kier alpha value is -4.13. The maximum Gasteiger partial charge on any atom is 0.295 e. The standard InChI is InChI=1S/C27H26N2O5/c1-17(2)34-22-6-4-5-20(15-22)25(30)23-24(19-11-13-28-14-12-19)29(27(32)26(23)31)16-18-7-9-21(33-3)10-8-18/h4-15,17,24,30H,16H2,1-3H3/b25-23-. The number of rotatable bonds is 7. The van der Waals surface area contributed by atoms with E-state index in [0.717, 1.165) is 5.56 Å². The number of carbonyl (C=O) groups excluding carboxylic acids is 2. The fourth-order valence-electron chi connectivity index (χ4n) is 4.01. The van der Waals surface area contributed by atoms with Crippen LogP contribution in [0.5, 0.6) is 11.5 Å². The van der Waals surface area contributed by atoms with Gasteiger partial charge in [-0.1, -0.05) is 24.3 Å². The molecule has 0 bridgehead atoms. The molecule has 0 aliphatic carbocycles. The van der Waals surface area contributed by atoms with E-state index in [0.29, 0.717) is 22.6 Å². The molecule has 1 aliphatic rings. The molecular formula is C27H26N2O5. The van der Waals surface area contributed by atoms with Crippen LogP contribution in [-0.4, -0.2) is 39.9 Å². The Morgan fingerprint density at radius 1 is 1.03 bits per heavy atom. The van der Waals surface area contributed by atoms with Crippen molar-refractivity contribution in [2.75, 3.05) is 7.11 Å². The minimum absolute atomic E-state index is 0.0337. The molecule has 4 rings (SSSR count). The molecule has 0 radical (unpaired) electrons. The average Bonchev–Trinajstić information content (AvgIpc) is 3.09. The van der Waals surface area contributed by atoms with Crippen LogP contribution in [0.4, 0.5) is 0 Å². The molecule has 1 unspecified atom stereocenters. The Morgan fingerprint density at radius 3 is 2.38 bits per heavy atom. The normalized spacial score (nSPS) is 17.3. The summed E-state index contributed by atoms with van der Waals surface area (Å²) in [7, 11) is 1.58. The van der Waals surface area contributed by atoms with Gasteiger partial charge in [0.25, 0.3) is 11.7 Å². The van der Waals surface area contributed by atoms with E-state index in [9.17, 15) is 14.7 Å². The van der Waals surface area contributed by atoms with Gasteiger partial charge in [0.05, 0.1) is 24.8 Å². The molecule has 174 valence electrons. The highest BCUT2D eigenvalue weighted by Gasteiger charge is 2.46. The number of nitrogens with zero attached hydrogens (tertiary/aromatic N) is 2. The summed E-state index contributed by atoms with van der Waals surface area (Å²) in [4.78, 5) is 31.9. The number of hydrogen-bond donors (Lipinski definition) is 1. The van der Waals surface area contributed by atoms with Crippen molar-refractivity contribution in [2.24, 2.45) is 0 Å². The first-order valence-electron chi connectivity index (χ1n) is 11.0. The number of ether oxygens (including phenoxy) is 2. The lowest BCUT2D eigenvalue weighted by atomic mass is 9.95. The molecule has 1 amide bonds. The maximum absolute atomic E-state index is 13.2. The number of likely N-dealkylation sites (tertiary alicyclic amines) is 1. The highest BCUT2D eigenvalue weighted by atomic mass is 16.5. The molecule has 1 N–H and O–H groups in total. The molecule has 1 saturated heterocycles. The summed E-state index contributed by atoms with van der Waals surface area (Å²) in [5.41, 5.74) is 1.94. The first-order chi connectivity index (χ1) is 16.4. The van der Waals surface area contributed by atoms with Crippen LogP contribution < -0.4 is 9.47 Å². The number of hydrogen-bond acceptors (Lipinski definition) is 6. The van der Waals surface area contributed by atoms with E-state index in [1.54, 1.807) is 68.0 Å². The zero-order valence-electron chi connectivity index (χ0n) is 19.3. The van der Waals surface area contributed by atoms with Crippen LogP contribution in [0, 0.1) is 0 Å². The molecule has 1 fully saturated rings. The molecule has 2 aromatic carbocycles. The lowest BCUT2D eigenvalue weighted by Gasteiger charge is -2.25. The number of amides is 1. The van der Waals surface area contributed by atoms with Crippen LogP contribution in [0.25, 0.3) is 5.76 Å². The summed E-state index contributed by atoms with van der Waals surface area (Å²) >= 11 is 0. The van der Waals surface area contributed by atoms with Gasteiger partial charge in [-0.2, -0.15) is 0 Å². The Labute approximate surface area is 198 Å². The molecule has 0 spiro atoms. The van der Waals surface area contributed by atoms with Gasteiger partial charge in [-0.25, -0.2) is 0 Å². The number of pyridine rings is 1. The van der Waals surface area contributed by atoms with Crippen molar-refractivity contribution in [1.82, 2.24) is 9.88 Å². The van der Waals surface area contributed by atoms with Crippen molar-refractivity contribution in [3.8, 4) is 11.5 Å². The zero-order valence-corrected chi connectivity index (χ0v) is 19.3. The molecule has 0 saturated carbocycles. The van der Waals surface area contributed by atoms with Gasteiger partial charge in [-0.15, -0.1) is 0 Å². The predicted octanol–water partition coefficient (Wildman–Crippen LogP) is 4.50. The molecule has 3 aromatic rings. The summed E-state index contributed by atoms with van der Waals surface area (Å²) in [5, 5.41) is 11.2. The number of methoxy groups -OCH3 is 1. The van der Waals surface area contributed by atoms with Crippen LogP contribution in [0.15, 0.2) is 78.6 Å². The van der Waals surface area contributed by atoms with Gasteiger partial charge in [-0.3, -0.25) is 14.6 Å². The third kappa shape index (κ3) is 4.64. The molecule has 7 nitrogen and oxygen atoms in total. The third-order valence-electron chi connectivity index (χ3n) is 5.55. The number of aromatic nitrogens is 1. The summed E-state index contributed by atoms with van der Waals surface area (Å²) < 4.78 is 10.9. The SMILES string of the molecule is COc1ccc(CN2C(=O)C(=O)/C(=C(\O)c3cccc(OC(C)C)c3)C2c2ccncc2)cc1. The first-order valence-corrected chi connectivity index (χ1v) is 11.0. The molecule has 1 aromatic heterocycles. The predicted molar refractivity (Wildman–Crippen MR) is 127 cm³/mol. The van der Waals surface area contributed by atoms with Crippen LogP contribution in [0.2, 0.25) is 0 Å². The van der Waals surface area contributed by atoms with E-state index in [4.69, 9.17) is 9.47 Å². The Kier molecular flexibility index (Phi) is 6.63. The van der Waals surface area contributed by atoms with Crippen molar-refractivity contribution in [3.05, 3.63) is 95.3 Å².